The Kier molecular flexibility index (Phi) is 7.19. The molecule has 2 aromatic carbocycles. The van der Waals surface area contributed by atoms with Crippen LogP contribution in [0, 0.1) is 12.8 Å². The number of hydrogen-bond acceptors (Lipinski definition) is 4. The van der Waals surface area contributed by atoms with Crippen LogP contribution >= 0.6 is 0 Å². The van der Waals surface area contributed by atoms with Gasteiger partial charge in [-0.1, -0.05) is 48.0 Å². The molecular formula is C26H31N5O2. The van der Waals surface area contributed by atoms with E-state index in [1.165, 1.54) is 5.56 Å². The van der Waals surface area contributed by atoms with E-state index in [2.05, 4.69) is 34.6 Å². The fraction of sp³-hybridized carbons (Fsp3) is 0.346. The van der Waals surface area contributed by atoms with Crippen molar-refractivity contribution in [2.45, 2.75) is 26.7 Å². The van der Waals surface area contributed by atoms with Gasteiger partial charge in [-0.05, 0) is 45.4 Å². The monoisotopic (exact) mass is 445 g/mol. The Morgan fingerprint density at radius 2 is 1.85 bits per heavy atom. The maximum absolute atomic E-state index is 13.0. The summed E-state index contributed by atoms with van der Waals surface area (Å²) >= 11 is 0. The summed E-state index contributed by atoms with van der Waals surface area (Å²) in [5.41, 5.74) is 3.85. The molecule has 1 saturated heterocycles. The van der Waals surface area contributed by atoms with Crippen molar-refractivity contribution in [2.24, 2.45) is 5.92 Å². The van der Waals surface area contributed by atoms with Crippen LogP contribution in [0.15, 0.2) is 60.7 Å². The number of benzene rings is 2. The molecule has 7 nitrogen and oxygen atoms in total. The summed E-state index contributed by atoms with van der Waals surface area (Å²) in [6.45, 7) is 6.27. The van der Waals surface area contributed by atoms with Crippen LogP contribution in [-0.2, 0) is 9.59 Å². The van der Waals surface area contributed by atoms with Gasteiger partial charge in [0.2, 0.25) is 11.8 Å². The average molecular weight is 446 g/mol. The lowest BCUT2D eigenvalue weighted by Gasteiger charge is -2.31. The van der Waals surface area contributed by atoms with Gasteiger partial charge in [0.1, 0.15) is 5.82 Å². The molecule has 1 aliphatic heterocycles. The highest BCUT2D eigenvalue weighted by Crippen LogP contribution is 2.25. The third-order valence-corrected chi connectivity index (χ3v) is 5.92. The third-order valence-electron chi connectivity index (χ3n) is 5.92. The first-order chi connectivity index (χ1) is 16.0. The number of hydrogen-bond donors (Lipinski definition) is 2. The average Bonchev–Trinajstić information content (AvgIpc) is 3.24. The van der Waals surface area contributed by atoms with Crippen molar-refractivity contribution in [1.82, 2.24) is 20.0 Å². The Bertz CT molecular complexity index is 1090. The zero-order valence-electron chi connectivity index (χ0n) is 19.3. The van der Waals surface area contributed by atoms with Crippen molar-refractivity contribution in [2.75, 3.05) is 31.5 Å². The van der Waals surface area contributed by atoms with Crippen LogP contribution in [0.25, 0.3) is 16.9 Å². The van der Waals surface area contributed by atoms with Crippen LogP contribution < -0.4 is 10.6 Å². The number of carbonyl (C=O) groups is 2. The smallest absolute Gasteiger partial charge is 0.239 e. The van der Waals surface area contributed by atoms with Gasteiger partial charge in [-0.3, -0.25) is 14.5 Å². The van der Waals surface area contributed by atoms with E-state index in [-0.39, 0.29) is 24.3 Å². The summed E-state index contributed by atoms with van der Waals surface area (Å²) in [5.74, 6) is 0.528. The maximum Gasteiger partial charge on any atom is 0.239 e. The molecule has 3 aromatic rings. The van der Waals surface area contributed by atoms with Crippen LogP contribution in [0.2, 0.25) is 0 Å². The van der Waals surface area contributed by atoms with Crippen molar-refractivity contribution in [3.05, 3.63) is 66.2 Å². The van der Waals surface area contributed by atoms with Crippen LogP contribution in [0.1, 0.15) is 25.3 Å². The molecule has 4 rings (SSSR count). The minimum atomic E-state index is -0.112. The summed E-state index contributed by atoms with van der Waals surface area (Å²) < 4.78 is 1.76. The number of nitrogens with zero attached hydrogens (tertiary/aromatic N) is 3. The minimum Gasteiger partial charge on any atom is -0.356 e. The molecule has 1 aromatic heterocycles. The lowest BCUT2D eigenvalue weighted by molar-refractivity contribution is -0.127. The summed E-state index contributed by atoms with van der Waals surface area (Å²) in [6.07, 6.45) is 1.78. The quantitative estimate of drug-likeness (QED) is 0.582. The molecule has 2 heterocycles. The molecule has 0 saturated carbocycles. The number of anilines is 1. The molecule has 1 atom stereocenters. The molecule has 2 amide bonds. The molecule has 0 radical (unpaired) electrons. The normalized spacial score (nSPS) is 16.4. The Morgan fingerprint density at radius 1 is 1.09 bits per heavy atom. The van der Waals surface area contributed by atoms with Gasteiger partial charge >= 0.3 is 0 Å². The van der Waals surface area contributed by atoms with E-state index in [0.29, 0.717) is 18.9 Å². The van der Waals surface area contributed by atoms with Crippen LogP contribution in [0.5, 0.6) is 0 Å². The fourth-order valence-corrected chi connectivity index (χ4v) is 4.22. The Labute approximate surface area is 194 Å². The molecule has 0 aliphatic carbocycles. The van der Waals surface area contributed by atoms with Gasteiger partial charge in [0.25, 0.3) is 0 Å². The van der Waals surface area contributed by atoms with Gasteiger partial charge < -0.3 is 10.6 Å². The third kappa shape index (κ3) is 5.68. The number of carbonyl (C=O) groups excluding carboxylic acids is 2. The molecule has 7 heteroatoms. The molecule has 1 fully saturated rings. The molecule has 1 aliphatic rings. The summed E-state index contributed by atoms with van der Waals surface area (Å²) in [4.78, 5) is 27.3. The largest absolute Gasteiger partial charge is 0.356 e. The molecule has 33 heavy (non-hydrogen) atoms. The lowest BCUT2D eigenvalue weighted by atomic mass is 9.97. The second-order valence-corrected chi connectivity index (χ2v) is 8.55. The van der Waals surface area contributed by atoms with Crippen LogP contribution in [0.4, 0.5) is 5.82 Å². The first-order valence-corrected chi connectivity index (χ1v) is 11.6. The highest BCUT2D eigenvalue weighted by atomic mass is 16.2. The predicted molar refractivity (Wildman–Crippen MR) is 130 cm³/mol. The Morgan fingerprint density at radius 3 is 2.58 bits per heavy atom. The van der Waals surface area contributed by atoms with Gasteiger partial charge in [0.15, 0.2) is 0 Å². The number of para-hydroxylation sites is 1. The van der Waals surface area contributed by atoms with E-state index in [0.717, 1.165) is 36.3 Å². The number of nitrogens with one attached hydrogen (secondary N) is 2. The van der Waals surface area contributed by atoms with Gasteiger partial charge in [0.05, 0.1) is 23.8 Å². The van der Waals surface area contributed by atoms with E-state index < -0.39 is 0 Å². The molecule has 0 bridgehead atoms. The minimum absolute atomic E-state index is 0.0607. The van der Waals surface area contributed by atoms with Crippen LogP contribution in [-0.4, -0.2) is 52.7 Å². The van der Waals surface area contributed by atoms with Crippen LogP contribution in [0.3, 0.4) is 0 Å². The van der Waals surface area contributed by atoms with Crippen molar-refractivity contribution in [1.29, 1.82) is 0 Å². The first kappa shape index (κ1) is 22.7. The molecule has 172 valence electrons. The second-order valence-electron chi connectivity index (χ2n) is 8.55. The summed E-state index contributed by atoms with van der Waals surface area (Å²) in [6, 6.07) is 19.9. The summed E-state index contributed by atoms with van der Waals surface area (Å²) in [5, 5.41) is 10.7. The van der Waals surface area contributed by atoms with Gasteiger partial charge in [-0.2, -0.15) is 5.10 Å². The number of aryl methyl sites for hydroxylation is 1. The number of amides is 2. The van der Waals surface area contributed by atoms with E-state index >= 15 is 0 Å². The van der Waals surface area contributed by atoms with E-state index in [9.17, 15) is 9.59 Å². The predicted octanol–water partition coefficient (Wildman–Crippen LogP) is 3.63. The van der Waals surface area contributed by atoms with Gasteiger partial charge in [-0.15, -0.1) is 0 Å². The molecule has 0 spiro atoms. The summed E-state index contributed by atoms with van der Waals surface area (Å²) in [7, 11) is 0. The number of piperidine rings is 1. The molecular weight excluding hydrogens is 414 g/mol. The topological polar surface area (TPSA) is 79.3 Å². The van der Waals surface area contributed by atoms with E-state index in [1.807, 2.05) is 55.5 Å². The second kappa shape index (κ2) is 10.4. The van der Waals surface area contributed by atoms with Gasteiger partial charge in [-0.25, -0.2) is 4.68 Å². The zero-order chi connectivity index (χ0) is 23.2. The Hall–Kier alpha value is -3.45. The number of likely N-dealkylation sites (tertiary alicyclic amines) is 1. The van der Waals surface area contributed by atoms with E-state index in [1.54, 1.807) is 4.68 Å². The Balaban J connectivity index is 1.51. The van der Waals surface area contributed by atoms with Crippen molar-refractivity contribution in [3.63, 3.8) is 0 Å². The SMILES string of the molecule is CCNC(=O)C1CCCN(CC(=O)Nc2cc(-c3ccc(C)cc3)nn2-c2ccccc2)C1. The van der Waals surface area contributed by atoms with Crippen molar-refractivity contribution in [3.8, 4) is 16.9 Å². The highest BCUT2D eigenvalue weighted by Gasteiger charge is 2.26. The number of aromatic nitrogens is 2. The number of rotatable bonds is 7. The highest BCUT2D eigenvalue weighted by molar-refractivity contribution is 5.92. The molecule has 1 unspecified atom stereocenters. The fourth-order valence-electron chi connectivity index (χ4n) is 4.22. The lowest BCUT2D eigenvalue weighted by Crippen LogP contribution is -2.45. The molecule has 2 N–H and O–H groups in total. The standard InChI is InChI=1S/C26H31N5O2/c1-3-27-26(33)21-8-7-15-30(17-21)18-25(32)28-24-16-23(20-13-11-19(2)12-14-20)29-31(24)22-9-5-4-6-10-22/h4-6,9-14,16,21H,3,7-8,15,17-18H2,1-2H3,(H,27,33)(H,28,32). The van der Waals surface area contributed by atoms with Gasteiger partial charge in [0, 0.05) is 24.7 Å². The van der Waals surface area contributed by atoms with E-state index in [4.69, 9.17) is 5.10 Å². The first-order valence-electron chi connectivity index (χ1n) is 11.6. The van der Waals surface area contributed by atoms with Crippen molar-refractivity contribution >= 4 is 17.6 Å². The van der Waals surface area contributed by atoms with Crippen molar-refractivity contribution < 1.29 is 9.59 Å². The zero-order valence-corrected chi connectivity index (χ0v) is 19.3. The maximum atomic E-state index is 13.0.